The van der Waals surface area contributed by atoms with Crippen LogP contribution in [-0.4, -0.2) is 21.1 Å². The van der Waals surface area contributed by atoms with Gasteiger partial charge in [-0.1, -0.05) is 48.2 Å². The number of amides is 1. The van der Waals surface area contributed by atoms with Crippen molar-refractivity contribution in [1.82, 2.24) is 9.97 Å². The second kappa shape index (κ2) is 7.23. The molecule has 0 radical (unpaired) electrons. The molecule has 3 rings (SSSR count). The van der Waals surface area contributed by atoms with Gasteiger partial charge in [-0.15, -0.1) is 0 Å². The van der Waals surface area contributed by atoms with E-state index in [-0.39, 0.29) is 11.2 Å². The molecule has 1 amide bonds. The molecule has 1 heterocycles. The van der Waals surface area contributed by atoms with Crippen LogP contribution in [0.5, 0.6) is 0 Å². The smallest absolute Gasteiger partial charge is 0.237 e. The van der Waals surface area contributed by atoms with Crippen molar-refractivity contribution in [3.63, 3.8) is 0 Å². The number of carbonyl (C=O) groups excluding carboxylic acids is 1. The van der Waals surface area contributed by atoms with Crippen LogP contribution in [0, 0.1) is 20.8 Å². The lowest BCUT2D eigenvalue weighted by Crippen LogP contribution is -2.23. The normalized spacial score (nSPS) is 12.2. The third-order valence-electron chi connectivity index (χ3n) is 4.07. The molecule has 5 heteroatoms. The zero-order valence-electron chi connectivity index (χ0n) is 14.8. The number of nitrogens with one attached hydrogen (secondary N) is 1. The number of hydrogen-bond donors (Lipinski definition) is 1. The summed E-state index contributed by atoms with van der Waals surface area (Å²) in [4.78, 5) is 21.7. The molecule has 0 aliphatic carbocycles. The van der Waals surface area contributed by atoms with E-state index in [1.807, 2.05) is 70.2 Å². The fourth-order valence-corrected chi connectivity index (χ4v) is 3.69. The number of carbonyl (C=O) groups is 1. The van der Waals surface area contributed by atoms with Crippen LogP contribution in [-0.2, 0) is 4.79 Å². The molecule has 0 aliphatic rings. The zero-order chi connectivity index (χ0) is 18.0. The van der Waals surface area contributed by atoms with Crippen LogP contribution in [0.2, 0.25) is 0 Å². The average Bonchev–Trinajstić information content (AvgIpc) is 2.58. The first kappa shape index (κ1) is 17.4. The monoisotopic (exact) mass is 351 g/mol. The lowest BCUT2D eigenvalue weighted by atomic mass is 10.1. The SMILES string of the molecule is Cc1nc(S[C@@H](C)C(=O)Nc2c(C)cccc2C)c2ccccc2n1. The summed E-state index contributed by atoms with van der Waals surface area (Å²) in [5.41, 5.74) is 3.92. The van der Waals surface area contributed by atoms with E-state index in [1.165, 1.54) is 11.8 Å². The lowest BCUT2D eigenvalue weighted by molar-refractivity contribution is -0.115. The van der Waals surface area contributed by atoms with Gasteiger partial charge >= 0.3 is 0 Å². The third kappa shape index (κ3) is 3.82. The molecule has 0 aliphatic heterocycles. The van der Waals surface area contributed by atoms with Crippen LogP contribution >= 0.6 is 11.8 Å². The van der Waals surface area contributed by atoms with Gasteiger partial charge in [-0.05, 0) is 44.9 Å². The van der Waals surface area contributed by atoms with Crippen molar-refractivity contribution < 1.29 is 4.79 Å². The van der Waals surface area contributed by atoms with Gasteiger partial charge in [0.25, 0.3) is 0 Å². The van der Waals surface area contributed by atoms with Gasteiger partial charge in [0.1, 0.15) is 10.9 Å². The lowest BCUT2D eigenvalue weighted by Gasteiger charge is -2.16. The Morgan fingerprint density at radius 3 is 2.40 bits per heavy atom. The second-order valence-electron chi connectivity index (χ2n) is 6.11. The summed E-state index contributed by atoms with van der Waals surface area (Å²) in [6.07, 6.45) is 0. The number of aromatic nitrogens is 2. The highest BCUT2D eigenvalue weighted by molar-refractivity contribution is 8.00. The molecule has 0 saturated carbocycles. The fraction of sp³-hybridized carbons (Fsp3) is 0.250. The molecule has 0 bridgehead atoms. The van der Waals surface area contributed by atoms with Crippen LogP contribution < -0.4 is 5.32 Å². The molecule has 3 aromatic rings. The Morgan fingerprint density at radius 2 is 1.68 bits per heavy atom. The highest BCUT2D eigenvalue weighted by Gasteiger charge is 2.18. The summed E-state index contributed by atoms with van der Waals surface area (Å²) in [5.74, 6) is 0.686. The van der Waals surface area contributed by atoms with Crippen molar-refractivity contribution in [3.8, 4) is 0 Å². The summed E-state index contributed by atoms with van der Waals surface area (Å²) >= 11 is 1.46. The summed E-state index contributed by atoms with van der Waals surface area (Å²) in [6, 6.07) is 13.9. The van der Waals surface area contributed by atoms with Gasteiger partial charge in [-0.2, -0.15) is 0 Å². The predicted molar refractivity (Wildman–Crippen MR) is 104 cm³/mol. The largest absolute Gasteiger partial charge is 0.325 e. The van der Waals surface area contributed by atoms with E-state index in [0.717, 1.165) is 32.7 Å². The number of hydrogen-bond acceptors (Lipinski definition) is 4. The van der Waals surface area contributed by atoms with E-state index in [0.29, 0.717) is 5.82 Å². The van der Waals surface area contributed by atoms with E-state index >= 15 is 0 Å². The molecule has 0 fully saturated rings. The summed E-state index contributed by atoms with van der Waals surface area (Å²) in [7, 11) is 0. The molecule has 0 spiro atoms. The molecule has 128 valence electrons. The number of fused-ring (bicyclic) bond motifs is 1. The number of para-hydroxylation sites is 2. The standard InChI is InChI=1S/C20H21N3OS/c1-12-8-7-9-13(2)18(12)23-19(24)14(3)25-20-16-10-5-6-11-17(16)21-15(4)22-20/h5-11,14H,1-4H3,(H,23,24)/t14-/m0/s1. The van der Waals surface area contributed by atoms with Crippen LogP contribution in [0.25, 0.3) is 10.9 Å². The Hall–Kier alpha value is -2.40. The third-order valence-corrected chi connectivity index (χ3v) is 5.17. The maximum Gasteiger partial charge on any atom is 0.237 e. The first-order chi connectivity index (χ1) is 12.0. The number of thioether (sulfide) groups is 1. The zero-order valence-corrected chi connectivity index (χ0v) is 15.6. The number of aryl methyl sites for hydroxylation is 3. The highest BCUT2D eigenvalue weighted by atomic mass is 32.2. The Balaban J connectivity index is 1.83. The minimum Gasteiger partial charge on any atom is -0.325 e. The molecule has 1 atom stereocenters. The molecule has 0 saturated heterocycles. The van der Waals surface area contributed by atoms with Crippen molar-refractivity contribution in [2.45, 2.75) is 38.0 Å². The minimum atomic E-state index is -0.267. The van der Waals surface area contributed by atoms with Gasteiger partial charge in [0.2, 0.25) is 5.91 Å². The van der Waals surface area contributed by atoms with Crippen molar-refractivity contribution >= 4 is 34.3 Å². The van der Waals surface area contributed by atoms with E-state index in [4.69, 9.17) is 0 Å². The van der Waals surface area contributed by atoms with E-state index in [9.17, 15) is 4.79 Å². The second-order valence-corrected chi connectivity index (χ2v) is 7.44. The maximum absolute atomic E-state index is 12.7. The van der Waals surface area contributed by atoms with Gasteiger partial charge in [-0.25, -0.2) is 9.97 Å². The van der Waals surface area contributed by atoms with E-state index < -0.39 is 0 Å². The summed E-state index contributed by atoms with van der Waals surface area (Å²) < 4.78 is 0. The Kier molecular flexibility index (Phi) is 5.04. The fourth-order valence-electron chi connectivity index (χ4n) is 2.71. The van der Waals surface area contributed by atoms with Gasteiger partial charge in [0.05, 0.1) is 10.8 Å². The molecule has 25 heavy (non-hydrogen) atoms. The van der Waals surface area contributed by atoms with Gasteiger partial charge in [0.15, 0.2) is 0 Å². The Morgan fingerprint density at radius 1 is 1.00 bits per heavy atom. The quantitative estimate of drug-likeness (QED) is 0.548. The van der Waals surface area contributed by atoms with Crippen molar-refractivity contribution in [2.24, 2.45) is 0 Å². The number of rotatable bonds is 4. The predicted octanol–water partition coefficient (Wildman–Crippen LogP) is 4.67. The first-order valence-electron chi connectivity index (χ1n) is 8.23. The van der Waals surface area contributed by atoms with Crippen LogP contribution in [0.3, 0.4) is 0 Å². The average molecular weight is 351 g/mol. The molecule has 2 aromatic carbocycles. The number of benzene rings is 2. The molecule has 1 N–H and O–H groups in total. The van der Waals surface area contributed by atoms with Gasteiger partial charge < -0.3 is 5.32 Å². The minimum absolute atomic E-state index is 0.0252. The Bertz CT molecular complexity index is 919. The van der Waals surface area contributed by atoms with Crippen molar-refractivity contribution in [2.75, 3.05) is 5.32 Å². The Labute approximate surface area is 152 Å². The maximum atomic E-state index is 12.7. The van der Waals surface area contributed by atoms with Crippen molar-refractivity contribution in [1.29, 1.82) is 0 Å². The number of anilines is 1. The molecular weight excluding hydrogens is 330 g/mol. The molecule has 1 aromatic heterocycles. The van der Waals surface area contributed by atoms with E-state index in [2.05, 4.69) is 15.3 Å². The van der Waals surface area contributed by atoms with Gasteiger partial charge in [0, 0.05) is 11.1 Å². The molecule has 0 unspecified atom stereocenters. The number of nitrogens with zero attached hydrogens (tertiary/aromatic N) is 2. The molecule has 4 nitrogen and oxygen atoms in total. The van der Waals surface area contributed by atoms with Crippen LogP contribution in [0.15, 0.2) is 47.5 Å². The van der Waals surface area contributed by atoms with Crippen LogP contribution in [0.4, 0.5) is 5.69 Å². The van der Waals surface area contributed by atoms with Gasteiger partial charge in [-0.3, -0.25) is 4.79 Å². The summed E-state index contributed by atoms with van der Waals surface area (Å²) in [5, 5.41) is 4.61. The molecular formula is C20H21N3OS. The van der Waals surface area contributed by atoms with Crippen molar-refractivity contribution in [3.05, 3.63) is 59.4 Å². The van der Waals surface area contributed by atoms with E-state index in [1.54, 1.807) is 0 Å². The topological polar surface area (TPSA) is 54.9 Å². The first-order valence-corrected chi connectivity index (χ1v) is 9.11. The highest BCUT2D eigenvalue weighted by Crippen LogP contribution is 2.29. The summed E-state index contributed by atoms with van der Waals surface area (Å²) in [6.45, 7) is 7.78. The van der Waals surface area contributed by atoms with Crippen LogP contribution in [0.1, 0.15) is 23.9 Å².